The number of hydrogen-bond donors (Lipinski definition) is 2. The predicted molar refractivity (Wildman–Crippen MR) is 76.4 cm³/mol. The maximum Gasteiger partial charge on any atom is 0.0656 e. The molecule has 4 N–H and O–H groups in total. The van der Waals surface area contributed by atoms with Crippen LogP contribution in [0.2, 0.25) is 0 Å². The number of halogens is 2. The highest BCUT2D eigenvalue weighted by Gasteiger charge is 2.20. The molecule has 2 rings (SSSR count). The van der Waals surface area contributed by atoms with Crippen molar-refractivity contribution >= 4 is 24.8 Å². The molecule has 0 heterocycles. The Morgan fingerprint density at radius 3 is 1.17 bits per heavy atom. The van der Waals surface area contributed by atoms with E-state index < -0.39 is 0 Å². The van der Waals surface area contributed by atoms with Crippen molar-refractivity contribution in [2.45, 2.75) is 50.6 Å². The van der Waals surface area contributed by atoms with Gasteiger partial charge in [0.25, 0.3) is 0 Å². The van der Waals surface area contributed by atoms with Crippen LogP contribution in [0, 0.1) is 34.5 Å². The van der Waals surface area contributed by atoms with Crippen LogP contribution in [0.4, 0.5) is 0 Å². The quantitative estimate of drug-likeness (QED) is 0.714. The van der Waals surface area contributed by atoms with E-state index >= 15 is 0 Å². The van der Waals surface area contributed by atoms with Gasteiger partial charge in [0.1, 0.15) is 0 Å². The maximum atomic E-state index is 8.38. The Hall–Kier alpha value is -0.520. The summed E-state index contributed by atoms with van der Waals surface area (Å²) < 4.78 is 0. The molecule has 0 unspecified atom stereocenters. The lowest BCUT2D eigenvalue weighted by atomic mass is 10.1. The second kappa shape index (κ2) is 10.4. The third kappa shape index (κ3) is 7.03. The molecule has 0 amide bonds. The van der Waals surface area contributed by atoms with Gasteiger partial charge < -0.3 is 11.5 Å². The summed E-state index contributed by atoms with van der Waals surface area (Å²) in [4.78, 5) is 0. The average molecular weight is 293 g/mol. The summed E-state index contributed by atoms with van der Waals surface area (Å²) in [5, 5.41) is 16.8. The van der Waals surface area contributed by atoms with Crippen LogP contribution in [0.25, 0.3) is 0 Å². The summed E-state index contributed by atoms with van der Waals surface area (Å²) in [6, 6.07) is 5.04. The molecule has 4 atom stereocenters. The van der Waals surface area contributed by atoms with E-state index in [4.69, 9.17) is 22.0 Å². The van der Waals surface area contributed by atoms with Crippen molar-refractivity contribution in [1.29, 1.82) is 10.5 Å². The summed E-state index contributed by atoms with van der Waals surface area (Å²) in [6.45, 7) is 0. The number of hydrogen-bond acceptors (Lipinski definition) is 4. The van der Waals surface area contributed by atoms with Crippen molar-refractivity contribution < 1.29 is 0 Å². The van der Waals surface area contributed by atoms with Crippen LogP contribution in [0.1, 0.15) is 38.5 Å². The average Bonchev–Trinajstić information content (AvgIpc) is 2.88. The molecule has 18 heavy (non-hydrogen) atoms. The predicted octanol–water partition coefficient (Wildman–Crippen LogP) is 2.12. The minimum absolute atomic E-state index is 0. The van der Waals surface area contributed by atoms with E-state index in [-0.39, 0.29) is 36.6 Å². The highest BCUT2D eigenvalue weighted by atomic mass is 35.5. The molecule has 0 aromatic carbocycles. The number of nitrogens with zero attached hydrogens (tertiary/aromatic N) is 2. The zero-order valence-electron chi connectivity index (χ0n) is 10.4. The third-order valence-corrected chi connectivity index (χ3v) is 3.31. The fraction of sp³-hybridized carbons (Fsp3) is 0.833. The first-order valence-electron chi connectivity index (χ1n) is 5.96. The largest absolute Gasteiger partial charge is 0.328 e. The molecule has 0 aromatic rings. The standard InChI is InChI=1S/2C6H10N2.2ClH/c2*7-4-5-1-2-6(8)3-5;;/h2*5-6H,1-3,8H2;2*1H/t2*5-,6+;;/m10../s1. The highest BCUT2D eigenvalue weighted by Crippen LogP contribution is 2.23. The normalized spacial score (nSPS) is 32.9. The summed E-state index contributed by atoms with van der Waals surface area (Å²) in [7, 11) is 0. The monoisotopic (exact) mass is 292 g/mol. The minimum atomic E-state index is 0. The molecule has 0 aromatic heterocycles. The Kier molecular flexibility index (Phi) is 11.5. The van der Waals surface area contributed by atoms with E-state index in [0.29, 0.717) is 12.1 Å². The van der Waals surface area contributed by atoms with E-state index in [1.165, 1.54) is 0 Å². The molecule has 104 valence electrons. The lowest BCUT2D eigenvalue weighted by Gasteiger charge is -1.95. The van der Waals surface area contributed by atoms with Crippen molar-refractivity contribution in [2.75, 3.05) is 0 Å². The van der Waals surface area contributed by atoms with Gasteiger partial charge in [-0.05, 0) is 38.5 Å². The zero-order chi connectivity index (χ0) is 12.0. The molecular weight excluding hydrogens is 271 g/mol. The second-order valence-electron chi connectivity index (χ2n) is 4.80. The van der Waals surface area contributed by atoms with Crippen molar-refractivity contribution in [3.63, 3.8) is 0 Å². The van der Waals surface area contributed by atoms with E-state index in [2.05, 4.69) is 12.1 Å². The Morgan fingerprint density at radius 1 is 0.722 bits per heavy atom. The smallest absolute Gasteiger partial charge is 0.0656 e. The molecule has 0 spiro atoms. The van der Waals surface area contributed by atoms with Gasteiger partial charge in [-0.3, -0.25) is 0 Å². The Balaban J connectivity index is 0. The van der Waals surface area contributed by atoms with Gasteiger partial charge in [-0.25, -0.2) is 0 Å². The summed E-state index contributed by atoms with van der Waals surface area (Å²) in [5.74, 6) is 0.509. The highest BCUT2D eigenvalue weighted by molar-refractivity contribution is 5.85. The molecule has 2 fully saturated rings. The van der Waals surface area contributed by atoms with Gasteiger partial charge in [0, 0.05) is 23.9 Å². The third-order valence-electron chi connectivity index (χ3n) is 3.31. The Labute approximate surface area is 122 Å². The van der Waals surface area contributed by atoms with Crippen molar-refractivity contribution in [1.82, 2.24) is 0 Å². The molecule has 2 aliphatic rings. The van der Waals surface area contributed by atoms with Gasteiger partial charge >= 0.3 is 0 Å². The van der Waals surface area contributed by atoms with Crippen LogP contribution in [0.3, 0.4) is 0 Å². The lowest BCUT2D eigenvalue weighted by molar-refractivity contribution is 0.661. The molecular formula is C12H22Cl2N4. The van der Waals surface area contributed by atoms with Crippen LogP contribution in [0.5, 0.6) is 0 Å². The summed E-state index contributed by atoms with van der Waals surface area (Å²) in [6.07, 6.45) is 5.93. The number of rotatable bonds is 0. The van der Waals surface area contributed by atoms with Crippen LogP contribution in [-0.4, -0.2) is 12.1 Å². The molecule has 0 radical (unpaired) electrons. The molecule has 0 saturated heterocycles. The van der Waals surface area contributed by atoms with E-state index in [0.717, 1.165) is 38.5 Å². The van der Waals surface area contributed by atoms with E-state index in [1.54, 1.807) is 0 Å². The van der Waals surface area contributed by atoms with Gasteiger partial charge in [-0.15, -0.1) is 24.8 Å². The Bertz CT molecular complexity index is 267. The first-order valence-corrected chi connectivity index (χ1v) is 5.96. The molecule has 0 bridgehead atoms. The van der Waals surface area contributed by atoms with Gasteiger partial charge in [0.2, 0.25) is 0 Å². The zero-order valence-corrected chi connectivity index (χ0v) is 12.1. The van der Waals surface area contributed by atoms with E-state index in [1.807, 2.05) is 0 Å². The topological polar surface area (TPSA) is 99.6 Å². The van der Waals surface area contributed by atoms with Crippen LogP contribution in [-0.2, 0) is 0 Å². The summed E-state index contributed by atoms with van der Waals surface area (Å²) >= 11 is 0. The SMILES string of the molecule is Cl.Cl.N#C[C@@H]1CC[C@H](N)C1.N#C[C@H]1CC[C@@H](N)C1. The van der Waals surface area contributed by atoms with Crippen LogP contribution >= 0.6 is 24.8 Å². The molecule has 2 aliphatic carbocycles. The molecule has 0 aliphatic heterocycles. The van der Waals surface area contributed by atoms with Gasteiger partial charge in [0.05, 0.1) is 12.1 Å². The molecule has 4 nitrogen and oxygen atoms in total. The van der Waals surface area contributed by atoms with Crippen LogP contribution < -0.4 is 11.5 Å². The first kappa shape index (κ1) is 19.8. The van der Waals surface area contributed by atoms with Gasteiger partial charge in [-0.1, -0.05) is 0 Å². The van der Waals surface area contributed by atoms with Gasteiger partial charge in [0.15, 0.2) is 0 Å². The van der Waals surface area contributed by atoms with Gasteiger partial charge in [-0.2, -0.15) is 10.5 Å². The van der Waals surface area contributed by atoms with Crippen LogP contribution in [0.15, 0.2) is 0 Å². The maximum absolute atomic E-state index is 8.38. The van der Waals surface area contributed by atoms with Crippen molar-refractivity contribution in [3.05, 3.63) is 0 Å². The van der Waals surface area contributed by atoms with Crippen molar-refractivity contribution in [3.8, 4) is 12.1 Å². The summed E-state index contributed by atoms with van der Waals surface area (Å²) in [5.41, 5.74) is 11.1. The number of nitrogens with two attached hydrogens (primary N) is 2. The lowest BCUT2D eigenvalue weighted by Crippen LogP contribution is -2.14. The minimum Gasteiger partial charge on any atom is -0.328 e. The fourth-order valence-electron chi connectivity index (χ4n) is 2.27. The van der Waals surface area contributed by atoms with E-state index in [9.17, 15) is 0 Å². The molecule has 2 saturated carbocycles. The Morgan fingerprint density at radius 2 is 1.06 bits per heavy atom. The first-order chi connectivity index (χ1) is 7.65. The fourth-order valence-corrected chi connectivity index (χ4v) is 2.27. The number of nitriles is 2. The molecule has 6 heteroatoms. The van der Waals surface area contributed by atoms with Crippen molar-refractivity contribution in [2.24, 2.45) is 23.3 Å². The second-order valence-corrected chi connectivity index (χ2v) is 4.80.